The minimum absolute atomic E-state index is 0.402. The highest BCUT2D eigenvalue weighted by molar-refractivity contribution is 6.30. The van der Waals surface area contributed by atoms with E-state index in [0.717, 1.165) is 0 Å². The van der Waals surface area contributed by atoms with Crippen molar-refractivity contribution in [2.75, 3.05) is 0 Å². The second-order valence-electron chi connectivity index (χ2n) is 3.69. The lowest BCUT2D eigenvalue weighted by Gasteiger charge is -2.11. The normalized spacial score (nSPS) is 16.8. The highest BCUT2D eigenvalue weighted by Gasteiger charge is 2.53. The first-order valence-electron chi connectivity index (χ1n) is 4.54. The van der Waals surface area contributed by atoms with Gasteiger partial charge in [0.15, 0.2) is 0 Å². The molecule has 0 aliphatic heterocycles. The second kappa shape index (κ2) is 3.25. The van der Waals surface area contributed by atoms with E-state index in [2.05, 4.69) is 0 Å². The fraction of sp³-hybridized carbons (Fsp3) is 0.273. The summed E-state index contributed by atoms with van der Waals surface area (Å²) < 4.78 is 0. The molecular formula is C11H8ClNO2. The fourth-order valence-corrected chi connectivity index (χ4v) is 1.91. The van der Waals surface area contributed by atoms with Crippen molar-refractivity contribution < 1.29 is 9.90 Å². The number of nitrogens with zero attached hydrogens (tertiary/aromatic N) is 1. The first kappa shape index (κ1) is 10.0. The Bertz CT molecular complexity index is 472. The van der Waals surface area contributed by atoms with Crippen molar-refractivity contribution in [2.45, 2.75) is 18.3 Å². The van der Waals surface area contributed by atoms with Crippen LogP contribution in [0.4, 0.5) is 0 Å². The fourth-order valence-electron chi connectivity index (χ4n) is 1.73. The van der Waals surface area contributed by atoms with Gasteiger partial charge >= 0.3 is 5.97 Å². The van der Waals surface area contributed by atoms with Crippen molar-refractivity contribution in [3.63, 3.8) is 0 Å². The van der Waals surface area contributed by atoms with Crippen LogP contribution in [-0.2, 0) is 10.2 Å². The van der Waals surface area contributed by atoms with Gasteiger partial charge in [-0.3, -0.25) is 4.79 Å². The molecule has 0 heterocycles. The van der Waals surface area contributed by atoms with E-state index in [1.54, 1.807) is 18.2 Å². The quantitative estimate of drug-likeness (QED) is 0.834. The van der Waals surface area contributed by atoms with Gasteiger partial charge in [0.1, 0.15) is 0 Å². The molecule has 0 amide bonds. The average molecular weight is 222 g/mol. The van der Waals surface area contributed by atoms with E-state index >= 15 is 0 Å². The van der Waals surface area contributed by atoms with Crippen molar-refractivity contribution in [3.8, 4) is 6.07 Å². The first-order chi connectivity index (χ1) is 7.10. The molecule has 0 unspecified atom stereocenters. The lowest BCUT2D eigenvalue weighted by atomic mass is 9.92. The highest BCUT2D eigenvalue weighted by Crippen LogP contribution is 2.50. The molecule has 76 valence electrons. The Kier molecular flexibility index (Phi) is 2.17. The number of carboxylic acids is 1. The zero-order valence-electron chi connectivity index (χ0n) is 7.83. The van der Waals surface area contributed by atoms with Crippen molar-refractivity contribution in [3.05, 3.63) is 34.3 Å². The standard InChI is InChI=1S/C11H8ClNO2/c12-8-2-1-7(6-13)9(5-8)11(3-4-11)10(14)15/h1-2,5H,3-4H2,(H,14,15). The number of rotatable bonds is 2. The number of hydrogen-bond acceptors (Lipinski definition) is 2. The van der Waals surface area contributed by atoms with Crippen LogP contribution < -0.4 is 0 Å². The summed E-state index contributed by atoms with van der Waals surface area (Å²) in [6.07, 6.45) is 1.16. The summed E-state index contributed by atoms with van der Waals surface area (Å²) in [4.78, 5) is 11.1. The van der Waals surface area contributed by atoms with Crippen LogP contribution in [0.5, 0.6) is 0 Å². The summed E-state index contributed by atoms with van der Waals surface area (Å²) in [6, 6.07) is 6.76. The SMILES string of the molecule is N#Cc1ccc(Cl)cc1C1(C(=O)O)CC1. The Morgan fingerprint density at radius 1 is 1.53 bits per heavy atom. The predicted octanol–water partition coefficient (Wildman–Crippen LogP) is 2.33. The van der Waals surface area contributed by atoms with Gasteiger partial charge in [0, 0.05) is 5.02 Å². The van der Waals surface area contributed by atoms with E-state index in [1.165, 1.54) is 0 Å². The molecule has 1 aliphatic rings. The van der Waals surface area contributed by atoms with Crippen molar-refractivity contribution in [1.29, 1.82) is 5.26 Å². The lowest BCUT2D eigenvalue weighted by molar-refractivity contribution is -0.140. The number of carboxylic acid groups (broad SMARTS) is 1. The van der Waals surface area contributed by atoms with Gasteiger partial charge in [-0.2, -0.15) is 5.26 Å². The molecule has 3 nitrogen and oxygen atoms in total. The summed E-state index contributed by atoms with van der Waals surface area (Å²) in [5, 5.41) is 18.5. The maximum Gasteiger partial charge on any atom is 0.314 e. The molecular weight excluding hydrogens is 214 g/mol. The molecule has 0 radical (unpaired) electrons. The third-order valence-electron chi connectivity index (χ3n) is 2.78. The number of hydrogen-bond donors (Lipinski definition) is 1. The highest BCUT2D eigenvalue weighted by atomic mass is 35.5. The summed E-state index contributed by atoms with van der Waals surface area (Å²) in [6.45, 7) is 0. The second-order valence-corrected chi connectivity index (χ2v) is 4.13. The maximum absolute atomic E-state index is 11.1. The molecule has 1 fully saturated rings. The summed E-state index contributed by atoms with van der Waals surface area (Å²) in [5.74, 6) is -0.874. The van der Waals surface area contributed by atoms with Crippen LogP contribution in [0.2, 0.25) is 5.02 Å². The first-order valence-corrected chi connectivity index (χ1v) is 4.91. The largest absolute Gasteiger partial charge is 0.481 e. The number of nitriles is 1. The molecule has 4 heteroatoms. The van der Waals surface area contributed by atoms with Gasteiger partial charge in [-0.1, -0.05) is 11.6 Å². The Balaban J connectivity index is 2.57. The van der Waals surface area contributed by atoms with E-state index in [9.17, 15) is 4.79 Å². The summed E-state index contributed by atoms with van der Waals surface area (Å²) in [5.41, 5.74) is 0.0833. The van der Waals surface area contributed by atoms with Gasteiger partial charge in [0.05, 0.1) is 17.0 Å². The molecule has 2 rings (SSSR count). The number of aliphatic carboxylic acids is 1. The van der Waals surface area contributed by atoms with Crippen LogP contribution in [0.1, 0.15) is 24.0 Å². The van der Waals surface area contributed by atoms with E-state index in [1.807, 2.05) is 6.07 Å². The Labute approximate surface area is 91.9 Å². The van der Waals surface area contributed by atoms with Crippen LogP contribution in [0.25, 0.3) is 0 Å². The zero-order chi connectivity index (χ0) is 11.1. The minimum atomic E-state index is -0.874. The molecule has 0 spiro atoms. The van der Waals surface area contributed by atoms with Crippen LogP contribution in [0, 0.1) is 11.3 Å². The monoisotopic (exact) mass is 221 g/mol. The van der Waals surface area contributed by atoms with Crippen LogP contribution in [0.15, 0.2) is 18.2 Å². The topological polar surface area (TPSA) is 61.1 Å². The van der Waals surface area contributed by atoms with Gasteiger partial charge < -0.3 is 5.11 Å². The maximum atomic E-state index is 11.1. The lowest BCUT2D eigenvalue weighted by Crippen LogP contribution is -2.20. The van der Waals surface area contributed by atoms with Gasteiger partial charge in [0.25, 0.3) is 0 Å². The third-order valence-corrected chi connectivity index (χ3v) is 3.01. The van der Waals surface area contributed by atoms with Crippen LogP contribution in [-0.4, -0.2) is 11.1 Å². The molecule has 0 bridgehead atoms. The molecule has 1 saturated carbocycles. The van der Waals surface area contributed by atoms with E-state index in [0.29, 0.717) is 29.0 Å². The van der Waals surface area contributed by atoms with E-state index in [4.69, 9.17) is 22.0 Å². The molecule has 0 aromatic heterocycles. The molecule has 15 heavy (non-hydrogen) atoms. The van der Waals surface area contributed by atoms with Crippen molar-refractivity contribution >= 4 is 17.6 Å². The number of carbonyl (C=O) groups is 1. The molecule has 1 aliphatic carbocycles. The molecule has 0 atom stereocenters. The summed E-state index contributed by atoms with van der Waals surface area (Å²) in [7, 11) is 0. The van der Waals surface area contributed by atoms with Crippen molar-refractivity contribution in [2.24, 2.45) is 0 Å². The Hall–Kier alpha value is -1.53. The van der Waals surface area contributed by atoms with Gasteiger partial charge in [-0.15, -0.1) is 0 Å². The van der Waals surface area contributed by atoms with Gasteiger partial charge in [-0.25, -0.2) is 0 Å². The molecule has 1 aromatic rings. The third kappa shape index (κ3) is 1.47. The van der Waals surface area contributed by atoms with Gasteiger partial charge in [-0.05, 0) is 36.6 Å². The summed E-state index contributed by atoms with van der Waals surface area (Å²) >= 11 is 5.81. The van der Waals surface area contributed by atoms with Crippen LogP contribution in [0.3, 0.4) is 0 Å². The molecule has 0 saturated heterocycles. The Morgan fingerprint density at radius 3 is 2.67 bits per heavy atom. The van der Waals surface area contributed by atoms with Gasteiger partial charge in [0.2, 0.25) is 0 Å². The van der Waals surface area contributed by atoms with Crippen molar-refractivity contribution in [1.82, 2.24) is 0 Å². The molecule has 1 aromatic carbocycles. The average Bonchev–Trinajstić information content (AvgIpc) is 2.98. The number of benzene rings is 1. The zero-order valence-corrected chi connectivity index (χ0v) is 8.58. The predicted molar refractivity (Wildman–Crippen MR) is 54.7 cm³/mol. The van der Waals surface area contributed by atoms with Crippen LogP contribution >= 0.6 is 11.6 Å². The minimum Gasteiger partial charge on any atom is -0.481 e. The molecule has 1 N–H and O–H groups in total. The van der Waals surface area contributed by atoms with E-state index in [-0.39, 0.29) is 0 Å². The smallest absolute Gasteiger partial charge is 0.314 e. The number of halogens is 1. The Morgan fingerprint density at radius 2 is 2.20 bits per heavy atom. The van der Waals surface area contributed by atoms with E-state index < -0.39 is 11.4 Å².